The summed E-state index contributed by atoms with van der Waals surface area (Å²) in [6, 6.07) is 0. The zero-order valence-corrected chi connectivity index (χ0v) is 6.29. The standard InChI is InChI=1S/C6H11NO3/c1-4(6(8)9)5(2)7-10-3/h4H,1-3H3,(H,8,9). The van der Waals surface area contributed by atoms with Crippen molar-refractivity contribution < 1.29 is 14.7 Å². The smallest absolute Gasteiger partial charge is 0.312 e. The van der Waals surface area contributed by atoms with Crippen molar-refractivity contribution >= 4 is 11.7 Å². The SMILES string of the molecule is CON=C(C)C(C)C(=O)O. The van der Waals surface area contributed by atoms with Gasteiger partial charge < -0.3 is 9.94 Å². The van der Waals surface area contributed by atoms with Crippen LogP contribution in [0.25, 0.3) is 0 Å². The lowest BCUT2D eigenvalue weighted by Gasteiger charge is -2.02. The molecule has 0 spiro atoms. The van der Waals surface area contributed by atoms with Crippen molar-refractivity contribution in [2.24, 2.45) is 11.1 Å². The van der Waals surface area contributed by atoms with Crippen LogP contribution in [-0.4, -0.2) is 23.9 Å². The number of carboxylic acids is 1. The third-order valence-corrected chi connectivity index (χ3v) is 1.23. The Kier molecular flexibility index (Phi) is 3.46. The molecule has 0 aliphatic rings. The summed E-state index contributed by atoms with van der Waals surface area (Å²) in [5.41, 5.74) is 0.468. The summed E-state index contributed by atoms with van der Waals surface area (Å²) in [6.07, 6.45) is 0. The van der Waals surface area contributed by atoms with E-state index in [0.717, 1.165) is 0 Å². The van der Waals surface area contributed by atoms with Crippen LogP contribution in [-0.2, 0) is 9.63 Å². The van der Waals surface area contributed by atoms with Crippen LogP contribution in [0.2, 0.25) is 0 Å². The Morgan fingerprint density at radius 1 is 1.70 bits per heavy atom. The van der Waals surface area contributed by atoms with Crippen LogP contribution < -0.4 is 0 Å². The topological polar surface area (TPSA) is 58.9 Å². The molecule has 4 heteroatoms. The van der Waals surface area contributed by atoms with Gasteiger partial charge in [0, 0.05) is 0 Å². The van der Waals surface area contributed by atoms with Crippen LogP contribution in [0.15, 0.2) is 5.16 Å². The second-order valence-corrected chi connectivity index (χ2v) is 1.98. The van der Waals surface area contributed by atoms with E-state index in [1.807, 2.05) is 0 Å². The normalized spacial score (nSPS) is 14.5. The first-order chi connectivity index (χ1) is 4.59. The van der Waals surface area contributed by atoms with Crippen molar-refractivity contribution in [1.82, 2.24) is 0 Å². The van der Waals surface area contributed by atoms with E-state index in [1.54, 1.807) is 13.8 Å². The Labute approximate surface area is 59.5 Å². The highest BCUT2D eigenvalue weighted by Crippen LogP contribution is 1.98. The summed E-state index contributed by atoms with van der Waals surface area (Å²) < 4.78 is 0. The van der Waals surface area contributed by atoms with Crippen molar-refractivity contribution in [3.63, 3.8) is 0 Å². The fourth-order valence-corrected chi connectivity index (χ4v) is 0.402. The predicted octanol–water partition coefficient (Wildman–Crippen LogP) is 0.729. The number of aliphatic carboxylic acids is 1. The van der Waals surface area contributed by atoms with Gasteiger partial charge in [0.1, 0.15) is 7.11 Å². The summed E-state index contributed by atoms with van der Waals surface area (Å²) in [5, 5.41) is 11.9. The first-order valence-electron chi connectivity index (χ1n) is 2.90. The van der Waals surface area contributed by atoms with Gasteiger partial charge in [-0.2, -0.15) is 0 Å². The lowest BCUT2D eigenvalue weighted by atomic mass is 10.1. The fourth-order valence-electron chi connectivity index (χ4n) is 0.402. The molecule has 4 nitrogen and oxygen atoms in total. The van der Waals surface area contributed by atoms with Crippen LogP contribution >= 0.6 is 0 Å². The quantitative estimate of drug-likeness (QED) is 0.470. The van der Waals surface area contributed by atoms with Crippen LogP contribution in [0.5, 0.6) is 0 Å². The predicted molar refractivity (Wildman–Crippen MR) is 36.9 cm³/mol. The number of hydrogen-bond acceptors (Lipinski definition) is 3. The van der Waals surface area contributed by atoms with Gasteiger partial charge in [0.2, 0.25) is 0 Å². The summed E-state index contributed by atoms with van der Waals surface area (Å²) in [4.78, 5) is 14.7. The Morgan fingerprint density at radius 3 is 2.50 bits per heavy atom. The van der Waals surface area contributed by atoms with E-state index in [0.29, 0.717) is 5.71 Å². The Morgan fingerprint density at radius 2 is 2.20 bits per heavy atom. The molecule has 0 radical (unpaired) electrons. The average Bonchev–Trinajstić information content (AvgIpc) is 1.87. The highest BCUT2D eigenvalue weighted by molar-refractivity contribution is 5.99. The fraction of sp³-hybridized carbons (Fsp3) is 0.667. The van der Waals surface area contributed by atoms with Crippen molar-refractivity contribution in [2.45, 2.75) is 13.8 Å². The summed E-state index contributed by atoms with van der Waals surface area (Å²) >= 11 is 0. The Bertz CT molecular complexity index is 153. The molecule has 1 atom stereocenters. The molecule has 0 aromatic carbocycles. The zero-order valence-electron chi connectivity index (χ0n) is 6.29. The number of oxime groups is 1. The average molecular weight is 145 g/mol. The molecule has 1 N–H and O–H groups in total. The van der Waals surface area contributed by atoms with Crippen molar-refractivity contribution in [3.8, 4) is 0 Å². The van der Waals surface area contributed by atoms with E-state index in [1.165, 1.54) is 7.11 Å². The molecular weight excluding hydrogens is 134 g/mol. The lowest BCUT2D eigenvalue weighted by Crippen LogP contribution is -2.17. The van der Waals surface area contributed by atoms with Crippen LogP contribution in [0.1, 0.15) is 13.8 Å². The monoisotopic (exact) mass is 145 g/mol. The molecule has 0 aliphatic heterocycles. The Balaban J connectivity index is 4.06. The van der Waals surface area contributed by atoms with Gasteiger partial charge in [0.15, 0.2) is 0 Å². The van der Waals surface area contributed by atoms with E-state index in [2.05, 4.69) is 9.99 Å². The first-order valence-corrected chi connectivity index (χ1v) is 2.90. The lowest BCUT2D eigenvalue weighted by molar-refractivity contribution is -0.138. The van der Waals surface area contributed by atoms with Gasteiger partial charge in [-0.1, -0.05) is 5.16 Å². The molecule has 0 amide bonds. The maximum Gasteiger partial charge on any atom is 0.312 e. The van der Waals surface area contributed by atoms with Crippen LogP contribution in [0.4, 0.5) is 0 Å². The molecule has 1 unspecified atom stereocenters. The number of hydrogen-bond donors (Lipinski definition) is 1. The third-order valence-electron chi connectivity index (χ3n) is 1.23. The molecule has 0 fully saturated rings. The molecule has 0 bridgehead atoms. The molecule has 10 heavy (non-hydrogen) atoms. The molecule has 58 valence electrons. The molecule has 0 aliphatic carbocycles. The molecule has 0 rings (SSSR count). The van der Waals surface area contributed by atoms with E-state index in [-0.39, 0.29) is 0 Å². The third kappa shape index (κ3) is 2.48. The van der Waals surface area contributed by atoms with Crippen molar-refractivity contribution in [2.75, 3.05) is 7.11 Å². The van der Waals surface area contributed by atoms with Gasteiger partial charge in [0.05, 0.1) is 11.6 Å². The van der Waals surface area contributed by atoms with E-state index >= 15 is 0 Å². The first kappa shape index (κ1) is 8.94. The van der Waals surface area contributed by atoms with Crippen LogP contribution in [0, 0.1) is 5.92 Å². The molecule has 0 aromatic rings. The van der Waals surface area contributed by atoms with E-state index in [4.69, 9.17) is 5.11 Å². The number of nitrogens with zero attached hydrogens (tertiary/aromatic N) is 1. The molecule has 0 saturated carbocycles. The number of rotatable bonds is 3. The molecule has 0 aromatic heterocycles. The largest absolute Gasteiger partial charge is 0.481 e. The van der Waals surface area contributed by atoms with Gasteiger partial charge in [0.25, 0.3) is 0 Å². The maximum absolute atomic E-state index is 10.3. The van der Waals surface area contributed by atoms with Gasteiger partial charge in [-0.15, -0.1) is 0 Å². The second-order valence-electron chi connectivity index (χ2n) is 1.98. The molecular formula is C6H11NO3. The number of carboxylic acid groups (broad SMARTS) is 1. The summed E-state index contributed by atoms with van der Waals surface area (Å²) in [5.74, 6) is -1.46. The molecule has 0 heterocycles. The van der Waals surface area contributed by atoms with E-state index < -0.39 is 11.9 Å². The summed E-state index contributed by atoms with van der Waals surface area (Å²) in [7, 11) is 1.39. The minimum Gasteiger partial charge on any atom is -0.481 e. The highest BCUT2D eigenvalue weighted by atomic mass is 16.6. The van der Waals surface area contributed by atoms with Gasteiger partial charge >= 0.3 is 5.97 Å². The Hall–Kier alpha value is -1.06. The second kappa shape index (κ2) is 3.87. The summed E-state index contributed by atoms with van der Waals surface area (Å²) in [6.45, 7) is 3.17. The maximum atomic E-state index is 10.3. The van der Waals surface area contributed by atoms with Gasteiger partial charge in [-0.05, 0) is 13.8 Å². The van der Waals surface area contributed by atoms with Gasteiger partial charge in [-0.3, -0.25) is 4.79 Å². The van der Waals surface area contributed by atoms with Crippen molar-refractivity contribution in [1.29, 1.82) is 0 Å². The minimum atomic E-state index is -0.890. The zero-order chi connectivity index (χ0) is 8.15. The van der Waals surface area contributed by atoms with E-state index in [9.17, 15) is 4.79 Å². The van der Waals surface area contributed by atoms with Gasteiger partial charge in [-0.25, -0.2) is 0 Å². The minimum absolute atomic E-state index is 0.468. The van der Waals surface area contributed by atoms with Crippen LogP contribution in [0.3, 0.4) is 0 Å². The molecule has 0 saturated heterocycles. The highest BCUT2D eigenvalue weighted by Gasteiger charge is 2.14. The van der Waals surface area contributed by atoms with Crippen molar-refractivity contribution in [3.05, 3.63) is 0 Å². The number of carbonyl (C=O) groups is 1.